The highest BCUT2D eigenvalue weighted by atomic mass is 127. The molecule has 0 aliphatic heterocycles. The van der Waals surface area contributed by atoms with Crippen LogP contribution in [0.2, 0.25) is 0 Å². The molecule has 0 spiro atoms. The van der Waals surface area contributed by atoms with Crippen molar-refractivity contribution in [1.82, 2.24) is 4.98 Å². The van der Waals surface area contributed by atoms with Gasteiger partial charge < -0.3 is 0 Å². The minimum absolute atomic E-state index is 0.249. The van der Waals surface area contributed by atoms with Crippen molar-refractivity contribution in [2.24, 2.45) is 0 Å². The number of alkyl halides is 1. The van der Waals surface area contributed by atoms with Crippen LogP contribution < -0.4 is 0 Å². The predicted octanol–water partition coefficient (Wildman–Crippen LogP) is 2.71. The molecule has 2 nitrogen and oxygen atoms in total. The molecule has 0 amide bonds. The lowest BCUT2D eigenvalue weighted by molar-refractivity contribution is 1.18. The van der Waals surface area contributed by atoms with Crippen molar-refractivity contribution < 1.29 is 0 Å². The average molecular weight is 329 g/mol. The topological polar surface area (TPSA) is 36.7 Å². The zero-order valence-electron chi connectivity index (χ0n) is 4.71. The van der Waals surface area contributed by atoms with Crippen molar-refractivity contribution in [3.63, 3.8) is 0 Å². The summed E-state index contributed by atoms with van der Waals surface area (Å²) in [5.74, 6) is 0. The second-order valence-corrected chi connectivity index (χ2v) is 5.37. The molecule has 0 N–H and O–H groups in total. The number of thiazole rings is 1. The van der Waals surface area contributed by atoms with E-state index in [4.69, 9.17) is 5.26 Å². The summed E-state index contributed by atoms with van der Waals surface area (Å²) in [7, 11) is 0. The molecule has 0 aliphatic rings. The predicted molar refractivity (Wildman–Crippen MR) is 52.1 cm³/mol. The van der Waals surface area contributed by atoms with Crippen molar-refractivity contribution in [2.75, 3.05) is 0 Å². The Bertz CT molecular complexity index is 267. The van der Waals surface area contributed by atoms with E-state index in [0.29, 0.717) is 0 Å². The fraction of sp³-hybridized carbons (Fsp3) is 0.200. The second-order valence-electron chi connectivity index (χ2n) is 1.49. The number of hydrogen-bond acceptors (Lipinski definition) is 3. The van der Waals surface area contributed by atoms with Gasteiger partial charge in [0, 0.05) is 0 Å². The first kappa shape index (κ1) is 8.43. The highest BCUT2D eigenvalue weighted by Crippen LogP contribution is 2.26. The maximum absolute atomic E-state index is 8.46. The summed E-state index contributed by atoms with van der Waals surface area (Å²) in [6, 6.07) is 2.06. The van der Waals surface area contributed by atoms with Gasteiger partial charge in [0.15, 0.2) is 4.83 Å². The van der Waals surface area contributed by atoms with Crippen LogP contribution in [-0.4, -0.2) is 4.98 Å². The molecule has 0 fully saturated rings. The first-order chi connectivity index (χ1) is 4.74. The van der Waals surface area contributed by atoms with E-state index in [1.807, 2.05) is 0 Å². The molecule has 1 aromatic rings. The molecule has 1 heterocycles. The van der Waals surface area contributed by atoms with Crippen LogP contribution >= 0.6 is 49.9 Å². The van der Waals surface area contributed by atoms with Crippen LogP contribution in [0.25, 0.3) is 0 Å². The number of nitriles is 1. The number of hydrogen-bond donors (Lipinski definition) is 0. The summed E-state index contributed by atoms with van der Waals surface area (Å²) in [6.45, 7) is 0. The van der Waals surface area contributed by atoms with Gasteiger partial charge in [-0.05, 0) is 22.6 Å². The van der Waals surface area contributed by atoms with E-state index in [2.05, 4.69) is 49.6 Å². The quantitative estimate of drug-likeness (QED) is 0.587. The maximum Gasteiger partial charge on any atom is 0.153 e. The largest absolute Gasteiger partial charge is 0.246 e. The summed E-state index contributed by atoms with van der Waals surface area (Å²) < 4.78 is 1.10. The van der Waals surface area contributed by atoms with Crippen LogP contribution in [0.1, 0.15) is 9.83 Å². The normalized spacial score (nSPS) is 12.5. The van der Waals surface area contributed by atoms with Gasteiger partial charge in [-0.25, -0.2) is 4.98 Å². The smallest absolute Gasteiger partial charge is 0.153 e. The molecule has 52 valence electrons. The molecule has 0 bridgehead atoms. The van der Waals surface area contributed by atoms with Crippen molar-refractivity contribution in [1.29, 1.82) is 5.26 Å². The van der Waals surface area contributed by atoms with Crippen LogP contribution in [0.3, 0.4) is 0 Å². The van der Waals surface area contributed by atoms with Crippen LogP contribution in [0.15, 0.2) is 6.20 Å². The minimum Gasteiger partial charge on any atom is -0.246 e. The van der Waals surface area contributed by atoms with E-state index in [1.165, 1.54) is 11.3 Å². The minimum atomic E-state index is -0.249. The fourth-order valence-corrected chi connectivity index (χ4v) is 2.22. The Morgan fingerprint density at radius 1 is 1.90 bits per heavy atom. The molecule has 0 radical (unpaired) electrons. The maximum atomic E-state index is 8.46. The van der Waals surface area contributed by atoms with Crippen molar-refractivity contribution in [3.8, 4) is 6.07 Å². The van der Waals surface area contributed by atoms with Crippen LogP contribution in [0.4, 0.5) is 0 Å². The number of halogens is 2. The van der Waals surface area contributed by atoms with Crippen molar-refractivity contribution in [2.45, 2.75) is 4.83 Å². The van der Waals surface area contributed by atoms with E-state index < -0.39 is 0 Å². The summed E-state index contributed by atoms with van der Waals surface area (Å²) in [5, 5.41) is 9.29. The lowest BCUT2D eigenvalue weighted by Gasteiger charge is -1.89. The van der Waals surface area contributed by atoms with E-state index in [1.54, 1.807) is 6.20 Å². The fourth-order valence-electron chi connectivity index (χ4n) is 0.439. The Hall–Kier alpha value is 0.330. The summed E-state index contributed by atoms with van der Waals surface area (Å²) in [5.41, 5.74) is 0. The lowest BCUT2D eigenvalue weighted by Crippen LogP contribution is -1.80. The van der Waals surface area contributed by atoms with E-state index >= 15 is 0 Å². The van der Waals surface area contributed by atoms with Gasteiger partial charge >= 0.3 is 0 Å². The highest BCUT2D eigenvalue weighted by molar-refractivity contribution is 14.1. The number of aromatic nitrogens is 1. The van der Waals surface area contributed by atoms with E-state index in [9.17, 15) is 0 Å². The Morgan fingerprint density at radius 2 is 2.60 bits per heavy atom. The molecule has 1 rings (SSSR count). The molecular weight excluding hydrogens is 327 g/mol. The monoisotopic (exact) mass is 328 g/mol. The highest BCUT2D eigenvalue weighted by Gasteiger charge is 2.08. The van der Waals surface area contributed by atoms with Gasteiger partial charge in [0.05, 0.1) is 15.1 Å². The van der Waals surface area contributed by atoms with Gasteiger partial charge in [-0.3, -0.25) is 0 Å². The van der Waals surface area contributed by atoms with Gasteiger partial charge in [-0.1, -0.05) is 15.9 Å². The second kappa shape index (κ2) is 3.64. The molecule has 10 heavy (non-hydrogen) atoms. The average Bonchev–Trinajstić information content (AvgIpc) is 2.34. The first-order valence-electron chi connectivity index (χ1n) is 2.39. The van der Waals surface area contributed by atoms with Crippen LogP contribution in [-0.2, 0) is 0 Å². The Kier molecular flexibility index (Phi) is 3.07. The summed E-state index contributed by atoms with van der Waals surface area (Å²) in [4.78, 5) is 3.78. The molecule has 0 saturated carbocycles. The molecule has 0 aromatic carbocycles. The molecular formula is C5H2BrIN2S. The number of rotatable bonds is 1. The third-order valence-electron chi connectivity index (χ3n) is 0.826. The lowest BCUT2D eigenvalue weighted by atomic mass is 10.5. The van der Waals surface area contributed by atoms with Crippen LogP contribution in [0, 0.1) is 14.2 Å². The zero-order valence-corrected chi connectivity index (χ0v) is 9.27. The first-order valence-corrected chi connectivity index (χ1v) is 5.20. The van der Waals surface area contributed by atoms with Crippen molar-refractivity contribution in [3.05, 3.63) is 14.1 Å². The molecule has 1 unspecified atom stereocenters. The Morgan fingerprint density at radius 3 is 3.00 bits per heavy atom. The standard InChI is InChI=1S/C5H2BrIN2S/c6-3(1-8)5-9-2-4(7)10-5/h2-3H. The zero-order chi connectivity index (χ0) is 7.56. The van der Waals surface area contributed by atoms with Gasteiger partial charge in [0.1, 0.15) is 5.01 Å². The number of nitrogens with zero attached hydrogens (tertiary/aromatic N) is 2. The summed E-state index contributed by atoms with van der Waals surface area (Å²) >= 11 is 6.88. The Labute approximate surface area is 84.5 Å². The van der Waals surface area contributed by atoms with Gasteiger partial charge in [0.25, 0.3) is 0 Å². The van der Waals surface area contributed by atoms with Gasteiger partial charge in [-0.2, -0.15) is 5.26 Å². The Balaban J connectivity index is 2.87. The molecule has 0 aliphatic carbocycles. The molecule has 1 atom stereocenters. The third kappa shape index (κ3) is 1.90. The molecule has 5 heteroatoms. The summed E-state index contributed by atoms with van der Waals surface area (Å²) in [6.07, 6.45) is 1.76. The van der Waals surface area contributed by atoms with Gasteiger partial charge in [0.2, 0.25) is 0 Å². The van der Waals surface area contributed by atoms with Crippen LogP contribution in [0.5, 0.6) is 0 Å². The van der Waals surface area contributed by atoms with Crippen molar-refractivity contribution >= 4 is 49.9 Å². The van der Waals surface area contributed by atoms with Gasteiger partial charge in [-0.15, -0.1) is 11.3 Å². The molecule has 1 aromatic heterocycles. The molecule has 0 saturated heterocycles. The van der Waals surface area contributed by atoms with E-state index in [-0.39, 0.29) is 4.83 Å². The van der Waals surface area contributed by atoms with E-state index in [0.717, 1.165) is 7.89 Å². The third-order valence-corrected chi connectivity index (χ3v) is 3.56. The SMILES string of the molecule is N#CC(Br)c1ncc(I)s1.